The van der Waals surface area contributed by atoms with Crippen LogP contribution in [0.5, 0.6) is 0 Å². The molecule has 4 heteroatoms. The molecule has 2 N–H and O–H groups in total. The zero-order chi connectivity index (χ0) is 17.5. The number of nitrogens with one attached hydrogen (secondary N) is 2. The van der Waals surface area contributed by atoms with Crippen LogP contribution < -0.4 is 10.6 Å². The lowest BCUT2D eigenvalue weighted by atomic mass is 9.78. The van der Waals surface area contributed by atoms with Crippen molar-refractivity contribution in [2.45, 2.75) is 39.5 Å². The normalized spacial score (nSPS) is 15.4. The first kappa shape index (κ1) is 16.2. The number of fused-ring (bicyclic) bond motifs is 1. The van der Waals surface area contributed by atoms with Gasteiger partial charge in [0.05, 0.1) is 0 Å². The number of benzene rings is 2. The van der Waals surface area contributed by atoms with E-state index in [1.807, 2.05) is 64.1 Å². The maximum absolute atomic E-state index is 12.5. The lowest BCUT2D eigenvalue weighted by Crippen LogP contribution is -2.32. The number of aryl methyl sites for hydroxylation is 2. The van der Waals surface area contributed by atoms with Crippen molar-refractivity contribution >= 4 is 23.2 Å². The molecule has 2 aromatic rings. The third kappa shape index (κ3) is 3.04. The van der Waals surface area contributed by atoms with E-state index >= 15 is 0 Å². The lowest BCUT2D eigenvalue weighted by Gasteiger charge is -2.32. The van der Waals surface area contributed by atoms with E-state index in [2.05, 4.69) is 10.6 Å². The molecule has 0 bridgehead atoms. The molecular weight excluding hydrogens is 300 g/mol. The zero-order valence-electron chi connectivity index (χ0n) is 14.5. The van der Waals surface area contributed by atoms with E-state index in [1.165, 1.54) is 0 Å². The van der Waals surface area contributed by atoms with Crippen LogP contribution in [0.15, 0.2) is 36.4 Å². The minimum atomic E-state index is -0.251. The number of rotatable bonds is 2. The highest BCUT2D eigenvalue weighted by Crippen LogP contribution is 2.38. The molecule has 2 amide bonds. The summed E-state index contributed by atoms with van der Waals surface area (Å²) in [6.07, 6.45) is 0.439. The predicted molar refractivity (Wildman–Crippen MR) is 96.6 cm³/mol. The van der Waals surface area contributed by atoms with Crippen molar-refractivity contribution in [1.82, 2.24) is 0 Å². The third-order valence-electron chi connectivity index (χ3n) is 4.65. The fraction of sp³-hybridized carbons (Fsp3) is 0.300. The Morgan fingerprint density at radius 2 is 1.83 bits per heavy atom. The van der Waals surface area contributed by atoms with Crippen molar-refractivity contribution < 1.29 is 9.59 Å². The molecule has 0 aromatic heterocycles. The van der Waals surface area contributed by atoms with Gasteiger partial charge in [0.2, 0.25) is 5.91 Å². The highest BCUT2D eigenvalue weighted by atomic mass is 16.2. The van der Waals surface area contributed by atoms with Gasteiger partial charge < -0.3 is 10.6 Å². The second-order valence-corrected chi connectivity index (χ2v) is 7.12. The van der Waals surface area contributed by atoms with Crippen LogP contribution in [0.4, 0.5) is 11.4 Å². The SMILES string of the molecule is Cc1ccc(C(=O)Nc2ccc3c(c2)C(C)(C)CC(=O)N3)cc1C. The summed E-state index contributed by atoms with van der Waals surface area (Å²) in [7, 11) is 0. The van der Waals surface area contributed by atoms with Crippen molar-refractivity contribution in [2.24, 2.45) is 0 Å². The lowest BCUT2D eigenvalue weighted by molar-refractivity contribution is -0.117. The molecule has 2 aromatic carbocycles. The number of hydrogen-bond acceptors (Lipinski definition) is 2. The van der Waals surface area contributed by atoms with Gasteiger partial charge in [0.15, 0.2) is 0 Å². The highest BCUT2D eigenvalue weighted by molar-refractivity contribution is 6.05. The molecular formula is C20H22N2O2. The second-order valence-electron chi connectivity index (χ2n) is 7.12. The molecule has 0 spiro atoms. The van der Waals surface area contributed by atoms with Gasteiger partial charge in [0, 0.05) is 28.8 Å². The average molecular weight is 322 g/mol. The van der Waals surface area contributed by atoms with Crippen molar-refractivity contribution in [3.8, 4) is 0 Å². The Morgan fingerprint density at radius 1 is 1.08 bits per heavy atom. The van der Waals surface area contributed by atoms with Crippen LogP contribution in [0.1, 0.15) is 47.3 Å². The molecule has 24 heavy (non-hydrogen) atoms. The number of carbonyl (C=O) groups excluding carboxylic acids is 2. The Morgan fingerprint density at radius 3 is 2.54 bits per heavy atom. The molecule has 0 fully saturated rings. The van der Waals surface area contributed by atoms with E-state index in [0.717, 1.165) is 28.1 Å². The van der Waals surface area contributed by atoms with Gasteiger partial charge in [-0.2, -0.15) is 0 Å². The van der Waals surface area contributed by atoms with Gasteiger partial charge in [0.1, 0.15) is 0 Å². The quantitative estimate of drug-likeness (QED) is 0.871. The fourth-order valence-corrected chi connectivity index (χ4v) is 3.07. The van der Waals surface area contributed by atoms with Crippen LogP contribution in [0.25, 0.3) is 0 Å². The van der Waals surface area contributed by atoms with E-state index in [9.17, 15) is 9.59 Å². The van der Waals surface area contributed by atoms with Crippen LogP contribution in [0.2, 0.25) is 0 Å². The van der Waals surface area contributed by atoms with Crippen LogP contribution in [-0.4, -0.2) is 11.8 Å². The van der Waals surface area contributed by atoms with Gasteiger partial charge in [0.25, 0.3) is 5.91 Å². The number of carbonyl (C=O) groups is 2. The Balaban J connectivity index is 1.87. The summed E-state index contributed by atoms with van der Waals surface area (Å²) in [4.78, 5) is 24.2. The van der Waals surface area contributed by atoms with Crippen LogP contribution >= 0.6 is 0 Å². The molecule has 0 unspecified atom stereocenters. The Kier molecular flexibility index (Phi) is 3.91. The fourth-order valence-electron chi connectivity index (χ4n) is 3.07. The first-order valence-electron chi connectivity index (χ1n) is 8.09. The molecule has 0 saturated carbocycles. The average Bonchev–Trinajstić information content (AvgIpc) is 2.50. The zero-order valence-corrected chi connectivity index (χ0v) is 14.5. The molecule has 0 radical (unpaired) electrons. The Bertz CT molecular complexity index is 838. The van der Waals surface area contributed by atoms with Gasteiger partial charge >= 0.3 is 0 Å². The van der Waals surface area contributed by atoms with Gasteiger partial charge in [-0.1, -0.05) is 19.9 Å². The molecule has 1 heterocycles. The van der Waals surface area contributed by atoms with Crippen molar-refractivity contribution in [3.63, 3.8) is 0 Å². The Labute approximate surface area is 142 Å². The minimum Gasteiger partial charge on any atom is -0.326 e. The molecule has 1 aliphatic rings. The van der Waals surface area contributed by atoms with Gasteiger partial charge in [-0.25, -0.2) is 0 Å². The summed E-state index contributed by atoms with van der Waals surface area (Å²) in [5, 5.41) is 5.84. The molecule has 0 aliphatic carbocycles. The summed E-state index contributed by atoms with van der Waals surface area (Å²) >= 11 is 0. The molecule has 4 nitrogen and oxygen atoms in total. The van der Waals surface area contributed by atoms with Crippen molar-refractivity contribution in [1.29, 1.82) is 0 Å². The van der Waals surface area contributed by atoms with Crippen LogP contribution in [0, 0.1) is 13.8 Å². The third-order valence-corrected chi connectivity index (χ3v) is 4.65. The summed E-state index contributed by atoms with van der Waals surface area (Å²) < 4.78 is 0. The summed E-state index contributed by atoms with van der Waals surface area (Å²) in [6, 6.07) is 11.3. The maximum atomic E-state index is 12.5. The first-order chi connectivity index (χ1) is 11.3. The van der Waals surface area contributed by atoms with Crippen LogP contribution in [-0.2, 0) is 10.2 Å². The largest absolute Gasteiger partial charge is 0.326 e. The van der Waals surface area contributed by atoms with E-state index in [4.69, 9.17) is 0 Å². The molecule has 124 valence electrons. The van der Waals surface area contributed by atoms with Gasteiger partial charge in [-0.05, 0) is 60.9 Å². The van der Waals surface area contributed by atoms with Crippen molar-refractivity contribution in [3.05, 3.63) is 58.7 Å². The second kappa shape index (κ2) is 5.78. The van der Waals surface area contributed by atoms with E-state index in [-0.39, 0.29) is 17.2 Å². The molecule has 0 atom stereocenters. The topological polar surface area (TPSA) is 58.2 Å². The van der Waals surface area contributed by atoms with Crippen LogP contribution in [0.3, 0.4) is 0 Å². The maximum Gasteiger partial charge on any atom is 0.255 e. The number of hydrogen-bond donors (Lipinski definition) is 2. The summed E-state index contributed by atoms with van der Waals surface area (Å²) in [5.41, 5.74) is 5.25. The molecule has 0 saturated heterocycles. The Hall–Kier alpha value is -2.62. The summed E-state index contributed by atoms with van der Waals surface area (Å²) in [5.74, 6) is -0.102. The van der Waals surface area contributed by atoms with Crippen molar-refractivity contribution in [2.75, 3.05) is 10.6 Å². The number of amides is 2. The highest BCUT2D eigenvalue weighted by Gasteiger charge is 2.32. The standard InChI is InChI=1S/C20H22N2O2/c1-12-5-6-14(9-13(12)2)19(24)21-15-7-8-17-16(10-15)20(3,4)11-18(23)22-17/h5-10H,11H2,1-4H3,(H,21,24)(H,22,23). The van der Waals surface area contributed by atoms with Gasteiger partial charge in [-0.15, -0.1) is 0 Å². The predicted octanol–water partition coefficient (Wildman–Crippen LogP) is 4.18. The summed E-state index contributed by atoms with van der Waals surface area (Å²) in [6.45, 7) is 8.10. The van der Waals surface area contributed by atoms with Gasteiger partial charge in [-0.3, -0.25) is 9.59 Å². The smallest absolute Gasteiger partial charge is 0.255 e. The van der Waals surface area contributed by atoms with E-state index in [1.54, 1.807) is 0 Å². The minimum absolute atomic E-state index is 0.0272. The first-order valence-corrected chi connectivity index (χ1v) is 8.09. The van der Waals surface area contributed by atoms with E-state index < -0.39 is 0 Å². The number of anilines is 2. The monoisotopic (exact) mass is 322 g/mol. The van der Waals surface area contributed by atoms with E-state index in [0.29, 0.717) is 12.0 Å². The molecule has 1 aliphatic heterocycles. The molecule has 3 rings (SSSR count).